The Balaban J connectivity index is 1.94. The minimum Gasteiger partial charge on any atom is -0.375 e. The maximum Gasteiger partial charge on any atom is 0.262 e. The summed E-state index contributed by atoms with van der Waals surface area (Å²) >= 11 is 0. The molecule has 0 saturated heterocycles. The summed E-state index contributed by atoms with van der Waals surface area (Å²) in [4.78, 5) is 14.3. The van der Waals surface area contributed by atoms with Crippen LogP contribution in [0.15, 0.2) is 35.2 Å². The van der Waals surface area contributed by atoms with E-state index < -0.39 is 10.0 Å². The molecule has 0 fully saturated rings. The molecule has 0 radical (unpaired) electrons. The van der Waals surface area contributed by atoms with E-state index >= 15 is 0 Å². The van der Waals surface area contributed by atoms with Gasteiger partial charge in [-0.15, -0.1) is 0 Å². The normalized spacial score (nSPS) is 13.9. The second kappa shape index (κ2) is 7.93. The number of sulfonamides is 1. The minimum atomic E-state index is -3.74. The summed E-state index contributed by atoms with van der Waals surface area (Å²) in [5, 5.41) is 0. The molecule has 1 N–H and O–H groups in total. The highest BCUT2D eigenvalue weighted by Crippen LogP contribution is 2.31. The van der Waals surface area contributed by atoms with Crippen molar-refractivity contribution in [2.45, 2.75) is 38.5 Å². The molecule has 2 aromatic rings. The lowest BCUT2D eigenvalue weighted by atomic mass is 10.0. The lowest BCUT2D eigenvalue weighted by molar-refractivity contribution is -0.122. The number of aryl methyl sites for hydroxylation is 4. The van der Waals surface area contributed by atoms with E-state index in [9.17, 15) is 13.2 Å². The van der Waals surface area contributed by atoms with E-state index in [1.54, 1.807) is 30.0 Å². The average Bonchev–Trinajstić information content (AvgIpc) is 2.64. The first-order valence-electron chi connectivity index (χ1n) is 9.26. The van der Waals surface area contributed by atoms with Crippen LogP contribution < -0.4 is 9.62 Å². The number of amides is 1. The van der Waals surface area contributed by atoms with E-state index in [1.807, 2.05) is 26.0 Å². The molecule has 0 bridgehead atoms. The largest absolute Gasteiger partial charge is 0.375 e. The van der Waals surface area contributed by atoms with Gasteiger partial charge in [0.2, 0.25) is 0 Å². The zero-order chi connectivity index (χ0) is 20.5. The molecule has 150 valence electrons. The van der Waals surface area contributed by atoms with Crippen LogP contribution >= 0.6 is 0 Å². The van der Waals surface area contributed by atoms with Crippen LogP contribution in [0.4, 0.5) is 11.4 Å². The minimum absolute atomic E-state index is 0.00275. The molecule has 3 rings (SSSR count). The number of ether oxygens (including phenoxy) is 1. The summed E-state index contributed by atoms with van der Waals surface area (Å²) < 4.78 is 33.6. The molecule has 2 aromatic carbocycles. The van der Waals surface area contributed by atoms with E-state index in [0.29, 0.717) is 17.8 Å². The number of carbonyl (C=O) groups is 1. The monoisotopic (exact) mass is 402 g/mol. The molecule has 7 heteroatoms. The SMILES string of the molecule is COCC(=O)N1CCCc2ccc(NS(=O)(=O)c3cc(C)c(C)cc3C)cc21. The van der Waals surface area contributed by atoms with Gasteiger partial charge >= 0.3 is 0 Å². The third-order valence-electron chi connectivity index (χ3n) is 5.11. The smallest absolute Gasteiger partial charge is 0.262 e. The average molecular weight is 403 g/mol. The third kappa shape index (κ3) is 4.05. The van der Waals surface area contributed by atoms with E-state index in [-0.39, 0.29) is 17.4 Å². The number of methoxy groups -OCH3 is 1. The summed E-state index contributed by atoms with van der Waals surface area (Å²) in [6.07, 6.45) is 1.73. The zero-order valence-electron chi connectivity index (χ0n) is 16.7. The van der Waals surface area contributed by atoms with Gasteiger partial charge in [0.15, 0.2) is 0 Å². The van der Waals surface area contributed by atoms with Crippen molar-refractivity contribution in [3.05, 3.63) is 52.6 Å². The number of nitrogens with one attached hydrogen (secondary N) is 1. The Bertz CT molecular complexity index is 1020. The van der Waals surface area contributed by atoms with Gasteiger partial charge < -0.3 is 9.64 Å². The number of nitrogens with zero attached hydrogens (tertiary/aromatic N) is 1. The van der Waals surface area contributed by atoms with Crippen molar-refractivity contribution in [2.75, 3.05) is 29.9 Å². The van der Waals surface area contributed by atoms with E-state index in [2.05, 4.69) is 4.72 Å². The van der Waals surface area contributed by atoms with Crippen LogP contribution in [-0.4, -0.2) is 34.6 Å². The zero-order valence-corrected chi connectivity index (χ0v) is 17.5. The second-order valence-corrected chi connectivity index (χ2v) is 8.88. The fourth-order valence-corrected chi connectivity index (χ4v) is 4.89. The maximum absolute atomic E-state index is 13.0. The predicted molar refractivity (Wildman–Crippen MR) is 110 cm³/mol. The second-order valence-electron chi connectivity index (χ2n) is 7.23. The molecule has 6 nitrogen and oxygen atoms in total. The molecule has 1 aliphatic rings. The van der Waals surface area contributed by atoms with Crippen LogP contribution in [0.2, 0.25) is 0 Å². The van der Waals surface area contributed by atoms with Gasteiger partial charge in [0, 0.05) is 19.3 Å². The predicted octanol–water partition coefficient (Wildman–Crippen LogP) is 3.34. The number of rotatable bonds is 5. The first-order valence-corrected chi connectivity index (χ1v) is 10.7. The van der Waals surface area contributed by atoms with Crippen molar-refractivity contribution < 1.29 is 17.9 Å². The first-order chi connectivity index (χ1) is 13.2. The maximum atomic E-state index is 13.0. The number of benzene rings is 2. The van der Waals surface area contributed by atoms with Gasteiger partial charge in [-0.25, -0.2) is 8.42 Å². The Morgan fingerprint density at radius 3 is 2.54 bits per heavy atom. The molecule has 1 heterocycles. The number of carbonyl (C=O) groups excluding carboxylic acids is 1. The summed E-state index contributed by atoms with van der Waals surface area (Å²) in [5.74, 6) is -0.131. The molecule has 1 amide bonds. The van der Waals surface area contributed by atoms with Crippen LogP contribution in [0.3, 0.4) is 0 Å². The topological polar surface area (TPSA) is 75.7 Å². The lowest BCUT2D eigenvalue weighted by Crippen LogP contribution is -2.37. The van der Waals surface area contributed by atoms with Crippen LogP contribution in [0.25, 0.3) is 0 Å². The standard InChI is InChI=1S/C21H26N2O4S/c1-14-10-16(3)20(11-15(14)2)28(25,26)22-18-8-7-17-6-5-9-23(19(17)12-18)21(24)13-27-4/h7-8,10-12,22H,5-6,9,13H2,1-4H3. The van der Waals surface area contributed by atoms with Gasteiger partial charge in [-0.1, -0.05) is 12.1 Å². The van der Waals surface area contributed by atoms with Gasteiger partial charge in [-0.05, 0) is 74.1 Å². The summed E-state index contributed by atoms with van der Waals surface area (Å²) in [6.45, 7) is 6.24. The molecular formula is C21H26N2O4S. The Kier molecular flexibility index (Phi) is 5.76. The molecule has 0 saturated carbocycles. The van der Waals surface area contributed by atoms with Gasteiger partial charge in [0.05, 0.1) is 10.6 Å². The van der Waals surface area contributed by atoms with E-state index in [4.69, 9.17) is 4.74 Å². The van der Waals surface area contributed by atoms with Crippen LogP contribution in [0, 0.1) is 20.8 Å². The number of anilines is 2. The Morgan fingerprint density at radius 2 is 1.82 bits per heavy atom. The molecule has 28 heavy (non-hydrogen) atoms. The van der Waals surface area contributed by atoms with Gasteiger partial charge in [-0.2, -0.15) is 0 Å². The highest BCUT2D eigenvalue weighted by Gasteiger charge is 2.24. The lowest BCUT2D eigenvalue weighted by Gasteiger charge is -2.30. The van der Waals surface area contributed by atoms with Crippen LogP contribution in [0.5, 0.6) is 0 Å². The van der Waals surface area contributed by atoms with Gasteiger partial charge in [0.25, 0.3) is 15.9 Å². The molecular weight excluding hydrogens is 376 g/mol. The third-order valence-corrected chi connectivity index (χ3v) is 6.63. The number of fused-ring (bicyclic) bond motifs is 1. The van der Waals surface area contributed by atoms with Crippen molar-refractivity contribution in [2.24, 2.45) is 0 Å². The Hall–Kier alpha value is -2.38. The number of hydrogen-bond donors (Lipinski definition) is 1. The Morgan fingerprint density at radius 1 is 1.11 bits per heavy atom. The van der Waals surface area contributed by atoms with Gasteiger partial charge in [-0.3, -0.25) is 9.52 Å². The highest BCUT2D eigenvalue weighted by molar-refractivity contribution is 7.92. The fourth-order valence-electron chi connectivity index (χ4n) is 3.53. The molecule has 0 aliphatic carbocycles. The fraction of sp³-hybridized carbons (Fsp3) is 0.381. The van der Waals surface area contributed by atoms with Gasteiger partial charge in [0.1, 0.15) is 6.61 Å². The van der Waals surface area contributed by atoms with Crippen LogP contribution in [-0.2, 0) is 26.0 Å². The molecule has 0 unspecified atom stereocenters. The summed E-state index contributed by atoms with van der Waals surface area (Å²) in [6, 6.07) is 8.93. The Labute approximate surface area is 166 Å². The highest BCUT2D eigenvalue weighted by atomic mass is 32.2. The van der Waals surface area contributed by atoms with E-state index in [1.165, 1.54) is 7.11 Å². The summed E-state index contributed by atoms with van der Waals surface area (Å²) in [5.41, 5.74) is 4.88. The van der Waals surface area contributed by atoms with Crippen molar-refractivity contribution in [3.63, 3.8) is 0 Å². The molecule has 0 aromatic heterocycles. The molecule has 0 atom stereocenters. The van der Waals surface area contributed by atoms with Crippen molar-refractivity contribution in [1.82, 2.24) is 0 Å². The summed E-state index contributed by atoms with van der Waals surface area (Å²) in [7, 11) is -2.25. The number of hydrogen-bond acceptors (Lipinski definition) is 4. The van der Waals surface area contributed by atoms with Crippen molar-refractivity contribution in [1.29, 1.82) is 0 Å². The van der Waals surface area contributed by atoms with Crippen LogP contribution in [0.1, 0.15) is 28.7 Å². The first kappa shape index (κ1) is 20.4. The van der Waals surface area contributed by atoms with Crippen molar-refractivity contribution in [3.8, 4) is 0 Å². The molecule has 1 aliphatic heterocycles. The van der Waals surface area contributed by atoms with E-state index in [0.717, 1.165) is 35.2 Å². The van der Waals surface area contributed by atoms with Crippen molar-refractivity contribution >= 4 is 27.3 Å². The molecule has 0 spiro atoms. The quantitative estimate of drug-likeness (QED) is 0.832.